The first kappa shape index (κ1) is 15.2. The first-order valence-electron chi connectivity index (χ1n) is 6.76. The lowest BCUT2D eigenvalue weighted by Gasteiger charge is -2.07. The van der Waals surface area contributed by atoms with Gasteiger partial charge in [0.2, 0.25) is 0 Å². The van der Waals surface area contributed by atoms with Crippen molar-refractivity contribution in [3.05, 3.63) is 51.7 Å². The van der Waals surface area contributed by atoms with Gasteiger partial charge in [-0.1, -0.05) is 11.3 Å². The number of pyridine rings is 1. The van der Waals surface area contributed by atoms with Crippen molar-refractivity contribution in [3.8, 4) is 0 Å². The molecule has 3 aromatic rings. The summed E-state index contributed by atoms with van der Waals surface area (Å²) in [5.74, 6) is -0.324. The van der Waals surface area contributed by atoms with E-state index in [1.807, 2.05) is 36.4 Å². The Morgan fingerprint density at radius 2 is 2.09 bits per heavy atom. The van der Waals surface area contributed by atoms with Crippen LogP contribution in [0.1, 0.15) is 17.3 Å². The second-order valence-electron chi connectivity index (χ2n) is 4.51. The number of benzene rings is 1. The maximum absolute atomic E-state index is 12.3. The summed E-state index contributed by atoms with van der Waals surface area (Å²) in [6.45, 7) is 2.15. The third-order valence-electron chi connectivity index (χ3n) is 3.05. The number of carbonyl (C=O) groups excluding carboxylic acids is 1. The Morgan fingerprint density at radius 3 is 2.82 bits per heavy atom. The fourth-order valence-corrected chi connectivity index (χ4v) is 3.50. The number of hydrogen-bond acceptors (Lipinski definition) is 5. The highest BCUT2D eigenvalue weighted by molar-refractivity contribution is 14.1. The molecule has 2 aromatic heterocycles. The smallest absolute Gasteiger partial charge is 0.341 e. The van der Waals surface area contributed by atoms with Crippen LogP contribution in [0, 0.1) is 3.57 Å². The summed E-state index contributed by atoms with van der Waals surface area (Å²) >= 11 is 3.71. The molecule has 0 radical (unpaired) electrons. The minimum atomic E-state index is -0.324. The topological polar surface area (TPSA) is 51.2 Å². The number of esters is 1. The first-order chi connectivity index (χ1) is 10.7. The minimum Gasteiger partial charge on any atom is -0.462 e. The van der Waals surface area contributed by atoms with Crippen molar-refractivity contribution in [2.24, 2.45) is 0 Å². The van der Waals surface area contributed by atoms with Crippen LogP contribution in [0.4, 0.5) is 10.7 Å². The first-order valence-corrected chi connectivity index (χ1v) is 8.66. The third kappa shape index (κ3) is 3.07. The zero-order valence-electron chi connectivity index (χ0n) is 11.8. The third-order valence-corrected chi connectivity index (χ3v) is 4.80. The molecule has 0 bridgehead atoms. The van der Waals surface area contributed by atoms with Gasteiger partial charge in [0, 0.05) is 20.8 Å². The van der Waals surface area contributed by atoms with Crippen molar-refractivity contribution < 1.29 is 9.53 Å². The molecule has 22 heavy (non-hydrogen) atoms. The van der Waals surface area contributed by atoms with E-state index in [0.717, 1.165) is 24.5 Å². The molecule has 0 saturated heterocycles. The number of carbonyl (C=O) groups is 1. The number of halogens is 1. The van der Waals surface area contributed by atoms with E-state index in [9.17, 15) is 4.79 Å². The van der Waals surface area contributed by atoms with E-state index in [0.29, 0.717) is 12.2 Å². The average molecular weight is 424 g/mol. The number of rotatable bonds is 4. The van der Waals surface area contributed by atoms with E-state index in [2.05, 4.69) is 32.9 Å². The van der Waals surface area contributed by atoms with Gasteiger partial charge in [-0.05, 0) is 65.9 Å². The molecule has 112 valence electrons. The van der Waals surface area contributed by atoms with Crippen molar-refractivity contribution in [2.75, 3.05) is 11.9 Å². The molecule has 1 N–H and O–H groups in total. The highest BCUT2D eigenvalue weighted by Crippen LogP contribution is 2.36. The number of hydrogen-bond donors (Lipinski definition) is 1. The Bertz CT molecular complexity index is 815. The minimum absolute atomic E-state index is 0.324. The van der Waals surface area contributed by atoms with Gasteiger partial charge in [0.1, 0.15) is 15.4 Å². The van der Waals surface area contributed by atoms with Crippen molar-refractivity contribution in [3.63, 3.8) is 0 Å². The van der Waals surface area contributed by atoms with Gasteiger partial charge in [-0.2, -0.15) is 0 Å². The molecule has 3 rings (SSSR count). The van der Waals surface area contributed by atoms with Crippen LogP contribution < -0.4 is 5.32 Å². The quantitative estimate of drug-likeness (QED) is 0.482. The number of nitrogens with one attached hydrogen (secondary N) is 1. The predicted molar refractivity (Wildman–Crippen MR) is 98.0 cm³/mol. The Morgan fingerprint density at radius 1 is 1.32 bits per heavy atom. The summed E-state index contributed by atoms with van der Waals surface area (Å²) in [5, 5.41) is 4.88. The molecule has 0 spiro atoms. The number of anilines is 2. The van der Waals surface area contributed by atoms with E-state index in [4.69, 9.17) is 4.74 Å². The zero-order chi connectivity index (χ0) is 15.5. The summed E-state index contributed by atoms with van der Waals surface area (Å²) < 4.78 is 6.35. The summed E-state index contributed by atoms with van der Waals surface area (Å²) in [6, 6.07) is 11.7. The molecule has 0 aliphatic carbocycles. The standard InChI is InChI=1S/C16H13IN2O2S/c1-2-21-16(20)13-12-4-3-9-18-14(12)22-15(13)19-11-7-5-10(17)6-8-11/h3-9,19H,2H2,1H3. The van der Waals surface area contributed by atoms with E-state index in [1.165, 1.54) is 11.3 Å². The van der Waals surface area contributed by atoms with Crippen molar-refractivity contribution >= 4 is 60.8 Å². The summed E-state index contributed by atoms with van der Waals surface area (Å²) in [5.41, 5.74) is 1.48. The van der Waals surface area contributed by atoms with Crippen LogP contribution >= 0.6 is 33.9 Å². The SMILES string of the molecule is CCOC(=O)c1c(Nc2ccc(I)cc2)sc2ncccc12. The van der Waals surface area contributed by atoms with Crippen LogP contribution in [0.3, 0.4) is 0 Å². The van der Waals surface area contributed by atoms with E-state index in [1.54, 1.807) is 13.1 Å². The number of fused-ring (bicyclic) bond motifs is 1. The number of thiophene rings is 1. The van der Waals surface area contributed by atoms with Gasteiger partial charge in [-0.3, -0.25) is 0 Å². The monoisotopic (exact) mass is 424 g/mol. The summed E-state index contributed by atoms with van der Waals surface area (Å²) in [7, 11) is 0. The number of ether oxygens (including phenoxy) is 1. The van der Waals surface area contributed by atoms with Crippen LogP contribution in [-0.4, -0.2) is 17.6 Å². The summed E-state index contributed by atoms with van der Waals surface area (Å²) in [4.78, 5) is 17.4. The normalized spacial score (nSPS) is 10.6. The maximum Gasteiger partial charge on any atom is 0.341 e. The van der Waals surface area contributed by atoms with Crippen LogP contribution in [0.2, 0.25) is 0 Å². The van der Waals surface area contributed by atoms with Crippen molar-refractivity contribution in [1.29, 1.82) is 0 Å². The summed E-state index contributed by atoms with van der Waals surface area (Å²) in [6.07, 6.45) is 1.72. The van der Waals surface area contributed by atoms with E-state index >= 15 is 0 Å². The Hall–Kier alpha value is -1.67. The van der Waals surface area contributed by atoms with Gasteiger partial charge in [-0.15, -0.1) is 0 Å². The molecule has 1 aromatic carbocycles. The lowest BCUT2D eigenvalue weighted by Crippen LogP contribution is -2.06. The van der Waals surface area contributed by atoms with Crippen molar-refractivity contribution in [1.82, 2.24) is 4.98 Å². The second kappa shape index (κ2) is 6.62. The molecule has 6 heteroatoms. The highest BCUT2D eigenvalue weighted by Gasteiger charge is 2.20. The zero-order valence-corrected chi connectivity index (χ0v) is 14.8. The highest BCUT2D eigenvalue weighted by atomic mass is 127. The molecule has 2 heterocycles. The molecule has 0 amide bonds. The van der Waals surface area contributed by atoms with Crippen LogP contribution in [0.5, 0.6) is 0 Å². The van der Waals surface area contributed by atoms with Crippen LogP contribution in [-0.2, 0) is 4.74 Å². The Balaban J connectivity index is 2.05. The van der Waals surface area contributed by atoms with Gasteiger partial charge in [0.05, 0.1) is 6.61 Å². The van der Waals surface area contributed by atoms with Gasteiger partial charge in [0.15, 0.2) is 0 Å². The predicted octanol–water partition coefficient (Wildman–Crippen LogP) is 4.82. The molecular formula is C16H13IN2O2S. The lowest BCUT2D eigenvalue weighted by molar-refractivity contribution is 0.0530. The molecule has 4 nitrogen and oxygen atoms in total. The molecule has 0 saturated carbocycles. The number of aromatic nitrogens is 1. The molecule has 0 atom stereocenters. The van der Waals surface area contributed by atoms with Crippen molar-refractivity contribution in [2.45, 2.75) is 6.92 Å². The van der Waals surface area contributed by atoms with Gasteiger partial charge in [0.25, 0.3) is 0 Å². The Kier molecular flexibility index (Phi) is 4.58. The fraction of sp³-hybridized carbons (Fsp3) is 0.125. The van der Waals surface area contributed by atoms with Crippen LogP contribution in [0.15, 0.2) is 42.6 Å². The lowest BCUT2D eigenvalue weighted by atomic mass is 10.2. The Labute approximate surface area is 145 Å². The fourth-order valence-electron chi connectivity index (χ4n) is 2.09. The second-order valence-corrected chi connectivity index (χ2v) is 6.76. The molecule has 0 aliphatic rings. The molecule has 0 fully saturated rings. The van der Waals surface area contributed by atoms with E-state index in [-0.39, 0.29) is 5.97 Å². The van der Waals surface area contributed by atoms with Gasteiger partial charge >= 0.3 is 5.97 Å². The largest absolute Gasteiger partial charge is 0.462 e. The molecule has 0 unspecified atom stereocenters. The van der Waals surface area contributed by atoms with Crippen LogP contribution in [0.25, 0.3) is 10.2 Å². The van der Waals surface area contributed by atoms with Gasteiger partial charge in [-0.25, -0.2) is 9.78 Å². The average Bonchev–Trinajstić information content (AvgIpc) is 2.87. The maximum atomic E-state index is 12.3. The van der Waals surface area contributed by atoms with Gasteiger partial charge < -0.3 is 10.1 Å². The molecule has 0 aliphatic heterocycles. The number of nitrogens with zero attached hydrogens (tertiary/aromatic N) is 1. The molecular weight excluding hydrogens is 411 g/mol. The van der Waals surface area contributed by atoms with E-state index < -0.39 is 0 Å².